The molecule has 0 atom stereocenters. The highest BCUT2D eigenvalue weighted by atomic mass is 19.1. The van der Waals surface area contributed by atoms with Gasteiger partial charge in [-0.05, 0) is 41.5 Å². The van der Waals surface area contributed by atoms with Gasteiger partial charge in [0.05, 0.1) is 26.7 Å². The molecule has 2 aromatic heterocycles. The summed E-state index contributed by atoms with van der Waals surface area (Å²) in [5.74, 6) is 0.756. The van der Waals surface area contributed by atoms with Gasteiger partial charge in [0.1, 0.15) is 11.6 Å². The highest BCUT2D eigenvalue weighted by Crippen LogP contribution is 2.13. The van der Waals surface area contributed by atoms with Gasteiger partial charge < -0.3 is 15.8 Å². The second kappa shape index (κ2) is 12.3. The molecule has 0 unspecified atom stereocenters. The first-order valence-corrected chi connectivity index (χ1v) is 11.6. The summed E-state index contributed by atoms with van der Waals surface area (Å²) in [7, 11) is 1.56. The zero-order valence-corrected chi connectivity index (χ0v) is 20.5. The monoisotopic (exact) mass is 519 g/mol. The molecule has 0 aliphatic carbocycles. The Kier molecular flexibility index (Phi) is 8.39. The molecule has 196 valence electrons. The van der Waals surface area contributed by atoms with E-state index in [1.165, 1.54) is 28.8 Å². The molecule has 0 radical (unpaired) electrons. The summed E-state index contributed by atoms with van der Waals surface area (Å²) in [5.41, 5.74) is 5.93. The van der Waals surface area contributed by atoms with Gasteiger partial charge in [-0.15, -0.1) is 0 Å². The molecule has 13 heteroatoms. The van der Waals surface area contributed by atoms with Crippen molar-refractivity contribution in [1.29, 1.82) is 0 Å². The van der Waals surface area contributed by atoms with E-state index in [9.17, 15) is 14.0 Å². The average Bonchev–Trinajstić information content (AvgIpc) is 2.93. The van der Waals surface area contributed by atoms with Crippen LogP contribution in [0.25, 0.3) is 0 Å². The predicted molar refractivity (Wildman–Crippen MR) is 141 cm³/mol. The van der Waals surface area contributed by atoms with Crippen LogP contribution in [0.3, 0.4) is 0 Å². The van der Waals surface area contributed by atoms with Crippen LogP contribution in [-0.2, 0) is 13.1 Å². The molecule has 0 spiro atoms. The Labute approximate surface area is 216 Å². The number of aliphatic imine (C=N–C) groups is 1. The fourth-order valence-corrected chi connectivity index (χ4v) is 3.49. The van der Waals surface area contributed by atoms with Gasteiger partial charge in [-0.1, -0.05) is 24.3 Å². The maximum Gasteiger partial charge on any atom is 0.355 e. The minimum absolute atomic E-state index is 0.0537. The fourth-order valence-electron chi connectivity index (χ4n) is 3.49. The molecule has 0 saturated heterocycles. The quantitative estimate of drug-likeness (QED) is 0.160. The van der Waals surface area contributed by atoms with Crippen molar-refractivity contribution in [1.82, 2.24) is 24.1 Å². The van der Waals surface area contributed by atoms with Crippen LogP contribution in [0.5, 0.6) is 5.75 Å². The number of rotatable bonds is 10. The number of nitrogens with zero attached hydrogens (tertiary/aromatic N) is 6. The number of halogens is 1. The van der Waals surface area contributed by atoms with Crippen molar-refractivity contribution >= 4 is 17.9 Å². The lowest BCUT2D eigenvalue weighted by Gasteiger charge is -2.15. The third-order valence-electron chi connectivity index (χ3n) is 5.39. The molecule has 0 amide bonds. The van der Waals surface area contributed by atoms with Crippen LogP contribution in [0.15, 0.2) is 81.6 Å². The van der Waals surface area contributed by atoms with Crippen LogP contribution in [0.1, 0.15) is 11.1 Å². The summed E-state index contributed by atoms with van der Waals surface area (Å²) in [5, 5.41) is 5.76. The van der Waals surface area contributed by atoms with E-state index in [0.717, 1.165) is 10.1 Å². The first kappa shape index (κ1) is 26.0. The van der Waals surface area contributed by atoms with E-state index in [1.54, 1.807) is 37.7 Å². The van der Waals surface area contributed by atoms with E-state index in [1.807, 2.05) is 12.1 Å². The number of aromatic nitrogens is 5. The first-order valence-electron chi connectivity index (χ1n) is 11.6. The Bertz CT molecular complexity index is 1500. The topological polar surface area (TPSA) is 154 Å². The van der Waals surface area contributed by atoms with Gasteiger partial charge in [0, 0.05) is 18.9 Å². The summed E-state index contributed by atoms with van der Waals surface area (Å²) >= 11 is 0. The van der Waals surface area contributed by atoms with E-state index in [2.05, 4.69) is 30.6 Å². The van der Waals surface area contributed by atoms with Gasteiger partial charge in [-0.3, -0.25) is 14.9 Å². The number of anilines is 2. The number of ether oxygens (including phenoxy) is 1. The van der Waals surface area contributed by atoms with Crippen molar-refractivity contribution in [3.63, 3.8) is 0 Å². The Morgan fingerprint density at radius 3 is 2.29 bits per heavy atom. The van der Waals surface area contributed by atoms with Crippen molar-refractivity contribution in [3.8, 4) is 5.75 Å². The van der Waals surface area contributed by atoms with Crippen LogP contribution in [-0.4, -0.2) is 50.2 Å². The molecule has 4 N–H and O–H groups in total. The molecular formula is C25H26FN9O3. The number of hydrogen-bond donors (Lipinski definition) is 3. The molecule has 4 rings (SSSR count). The second-order valence-corrected chi connectivity index (χ2v) is 8.04. The van der Waals surface area contributed by atoms with Crippen molar-refractivity contribution in [2.75, 3.05) is 30.8 Å². The van der Waals surface area contributed by atoms with Crippen molar-refractivity contribution in [3.05, 3.63) is 105 Å². The lowest BCUT2D eigenvalue weighted by molar-refractivity contribution is 0.414. The molecule has 0 bridgehead atoms. The number of nitrogens with one attached hydrogen (secondary N) is 2. The molecule has 12 nitrogen and oxygen atoms in total. The van der Waals surface area contributed by atoms with E-state index in [0.29, 0.717) is 17.3 Å². The standard InChI is InChI=1S/C25H26FN9O3/c1-38-20-9-5-18(6-10-20)15-34-23(31-14-13-28-21(27)32-22-29-11-2-12-30-22)33-24(36)35(25(34)37)16-17-3-7-19(26)8-4-17/h2-12H,13-16H2,1H3,(H,31,33,36)(H3,27,28,29,30,32). The molecule has 0 aliphatic heterocycles. The molecular weight excluding hydrogens is 493 g/mol. The minimum Gasteiger partial charge on any atom is -0.497 e. The van der Waals surface area contributed by atoms with Crippen LogP contribution >= 0.6 is 0 Å². The van der Waals surface area contributed by atoms with Crippen molar-refractivity contribution in [2.45, 2.75) is 13.1 Å². The number of benzene rings is 2. The fraction of sp³-hybridized carbons (Fsp3) is 0.200. The van der Waals surface area contributed by atoms with Crippen LogP contribution < -0.4 is 32.5 Å². The summed E-state index contributed by atoms with van der Waals surface area (Å²) < 4.78 is 20.9. The van der Waals surface area contributed by atoms with E-state index >= 15 is 0 Å². The van der Waals surface area contributed by atoms with Gasteiger partial charge in [0.2, 0.25) is 11.9 Å². The van der Waals surface area contributed by atoms with Crippen LogP contribution in [0.4, 0.5) is 16.3 Å². The largest absolute Gasteiger partial charge is 0.497 e. The SMILES string of the molecule is COc1ccc(Cn2c(NCCN=C(N)Nc3ncccn3)nc(=O)n(Cc3ccc(F)cc3)c2=O)cc1. The Balaban J connectivity index is 1.56. The lowest BCUT2D eigenvalue weighted by atomic mass is 10.2. The van der Waals surface area contributed by atoms with Gasteiger partial charge in [0.25, 0.3) is 0 Å². The van der Waals surface area contributed by atoms with Crippen molar-refractivity contribution < 1.29 is 9.13 Å². The second-order valence-electron chi connectivity index (χ2n) is 8.04. The molecule has 38 heavy (non-hydrogen) atoms. The van der Waals surface area contributed by atoms with E-state index in [-0.39, 0.29) is 38.1 Å². The van der Waals surface area contributed by atoms with Crippen molar-refractivity contribution in [2.24, 2.45) is 10.7 Å². The number of hydrogen-bond acceptors (Lipinski definition) is 8. The smallest absolute Gasteiger partial charge is 0.355 e. The maximum atomic E-state index is 13.4. The molecule has 2 heterocycles. The number of guanidine groups is 1. The minimum atomic E-state index is -0.737. The first-order chi connectivity index (χ1) is 18.4. The zero-order valence-electron chi connectivity index (χ0n) is 20.5. The zero-order chi connectivity index (χ0) is 26.9. The van der Waals surface area contributed by atoms with Gasteiger partial charge in [0.15, 0.2) is 5.96 Å². The van der Waals surface area contributed by atoms with E-state index < -0.39 is 17.2 Å². The summed E-state index contributed by atoms with van der Waals surface area (Å²) in [6.45, 7) is 0.527. The lowest BCUT2D eigenvalue weighted by Crippen LogP contribution is -2.43. The molecule has 0 saturated carbocycles. The highest BCUT2D eigenvalue weighted by molar-refractivity contribution is 5.90. The molecule has 0 fully saturated rings. The molecule has 4 aromatic rings. The molecule has 2 aromatic carbocycles. The average molecular weight is 520 g/mol. The van der Waals surface area contributed by atoms with Gasteiger partial charge in [-0.25, -0.2) is 28.5 Å². The Hall–Kier alpha value is -5.07. The van der Waals surface area contributed by atoms with Crippen LogP contribution in [0, 0.1) is 5.82 Å². The predicted octanol–water partition coefficient (Wildman–Crippen LogP) is 1.28. The van der Waals surface area contributed by atoms with Gasteiger partial charge >= 0.3 is 11.4 Å². The normalized spacial score (nSPS) is 11.3. The Morgan fingerprint density at radius 1 is 1.00 bits per heavy atom. The maximum absolute atomic E-state index is 13.4. The van der Waals surface area contributed by atoms with E-state index in [4.69, 9.17) is 10.5 Å². The highest BCUT2D eigenvalue weighted by Gasteiger charge is 2.14. The van der Waals surface area contributed by atoms with Crippen LogP contribution in [0.2, 0.25) is 0 Å². The summed E-state index contributed by atoms with van der Waals surface area (Å²) in [6.07, 6.45) is 3.13. The third-order valence-corrected chi connectivity index (χ3v) is 5.39. The third kappa shape index (κ3) is 6.78. The number of methoxy groups -OCH3 is 1. The summed E-state index contributed by atoms with van der Waals surface area (Å²) in [6, 6.07) is 14.4. The molecule has 0 aliphatic rings. The number of nitrogens with two attached hydrogens (primary N) is 1. The van der Waals surface area contributed by atoms with Gasteiger partial charge in [-0.2, -0.15) is 4.98 Å². The summed E-state index contributed by atoms with van der Waals surface area (Å²) in [4.78, 5) is 42.5. The Morgan fingerprint density at radius 2 is 1.63 bits per heavy atom.